The van der Waals surface area contributed by atoms with Crippen LogP contribution < -0.4 is 5.73 Å². The molecule has 0 radical (unpaired) electrons. The second kappa shape index (κ2) is 3.96. The molecular formula is C15H13NO2. The first-order chi connectivity index (χ1) is 8.66. The number of rotatable bonds is 2. The van der Waals surface area contributed by atoms with Gasteiger partial charge in [-0.25, -0.2) is 0 Å². The average Bonchev–Trinajstić information content (AvgIpc) is 2.75. The number of carbonyl (C=O) groups is 1. The third-order valence-corrected chi connectivity index (χ3v) is 3.44. The summed E-state index contributed by atoms with van der Waals surface area (Å²) >= 11 is 0. The van der Waals surface area contributed by atoms with Crippen molar-refractivity contribution in [3.05, 3.63) is 59.2 Å². The lowest BCUT2D eigenvalue weighted by Gasteiger charge is -2.09. The van der Waals surface area contributed by atoms with Crippen molar-refractivity contribution in [2.24, 2.45) is 5.73 Å². The predicted molar refractivity (Wildman–Crippen MR) is 69.2 cm³/mol. The van der Waals surface area contributed by atoms with Gasteiger partial charge in [-0.3, -0.25) is 4.79 Å². The van der Waals surface area contributed by atoms with Crippen LogP contribution in [-0.2, 0) is 11.2 Å². The highest BCUT2D eigenvalue weighted by Gasteiger charge is 2.21. The minimum Gasteiger partial charge on any atom is -0.480 e. The van der Waals surface area contributed by atoms with Gasteiger partial charge in [0, 0.05) is 0 Å². The Morgan fingerprint density at radius 3 is 2.61 bits per heavy atom. The van der Waals surface area contributed by atoms with Gasteiger partial charge in [-0.2, -0.15) is 0 Å². The summed E-state index contributed by atoms with van der Waals surface area (Å²) in [6, 6.07) is 13.0. The van der Waals surface area contributed by atoms with Crippen LogP contribution in [0.3, 0.4) is 0 Å². The second-order valence-electron chi connectivity index (χ2n) is 4.57. The zero-order valence-corrected chi connectivity index (χ0v) is 9.76. The van der Waals surface area contributed by atoms with Gasteiger partial charge in [0.05, 0.1) is 0 Å². The Hall–Kier alpha value is -2.13. The van der Waals surface area contributed by atoms with E-state index in [0.717, 1.165) is 12.0 Å². The molecule has 1 aliphatic rings. The number of carboxylic acids is 1. The van der Waals surface area contributed by atoms with Crippen LogP contribution >= 0.6 is 0 Å². The van der Waals surface area contributed by atoms with E-state index in [4.69, 9.17) is 10.8 Å². The maximum atomic E-state index is 10.9. The summed E-state index contributed by atoms with van der Waals surface area (Å²) in [6.45, 7) is 0. The summed E-state index contributed by atoms with van der Waals surface area (Å²) < 4.78 is 0. The number of fused-ring (bicyclic) bond motifs is 3. The Kier molecular flexibility index (Phi) is 2.42. The molecule has 0 spiro atoms. The maximum Gasteiger partial charge on any atom is 0.325 e. The van der Waals surface area contributed by atoms with Crippen LogP contribution in [0.25, 0.3) is 11.1 Å². The van der Waals surface area contributed by atoms with E-state index in [2.05, 4.69) is 12.1 Å². The van der Waals surface area contributed by atoms with E-state index in [1.54, 1.807) is 6.07 Å². The molecule has 1 aliphatic carbocycles. The summed E-state index contributed by atoms with van der Waals surface area (Å²) in [6.07, 6.45) is 0.853. The van der Waals surface area contributed by atoms with Gasteiger partial charge in [-0.05, 0) is 34.2 Å². The van der Waals surface area contributed by atoms with E-state index < -0.39 is 12.0 Å². The molecule has 2 aromatic carbocycles. The first-order valence-corrected chi connectivity index (χ1v) is 5.86. The summed E-state index contributed by atoms with van der Waals surface area (Å²) in [7, 11) is 0. The van der Waals surface area contributed by atoms with Gasteiger partial charge in [-0.1, -0.05) is 42.5 Å². The standard InChI is InChI=1S/C15H13NO2/c16-14(15(17)18)10-5-6-13-11(8-10)7-9-3-1-2-4-12(9)13/h1-6,8,14H,7,16H2,(H,17,18)/t14-/m1/s1. The van der Waals surface area contributed by atoms with Crippen molar-refractivity contribution in [1.29, 1.82) is 0 Å². The van der Waals surface area contributed by atoms with Crippen molar-refractivity contribution in [2.75, 3.05) is 0 Å². The molecule has 2 aromatic rings. The molecule has 0 aliphatic heterocycles. The van der Waals surface area contributed by atoms with Gasteiger partial charge in [-0.15, -0.1) is 0 Å². The zero-order valence-electron chi connectivity index (χ0n) is 9.76. The smallest absolute Gasteiger partial charge is 0.325 e. The monoisotopic (exact) mass is 239 g/mol. The van der Waals surface area contributed by atoms with Crippen molar-refractivity contribution < 1.29 is 9.90 Å². The lowest BCUT2D eigenvalue weighted by molar-refractivity contribution is -0.138. The number of aliphatic carboxylic acids is 1. The van der Waals surface area contributed by atoms with E-state index in [9.17, 15) is 4.79 Å². The summed E-state index contributed by atoms with van der Waals surface area (Å²) in [5.41, 5.74) is 11.2. The molecule has 3 N–H and O–H groups in total. The van der Waals surface area contributed by atoms with Gasteiger partial charge in [0.25, 0.3) is 0 Å². The molecule has 0 amide bonds. The topological polar surface area (TPSA) is 63.3 Å². The number of hydrogen-bond donors (Lipinski definition) is 2. The highest BCUT2D eigenvalue weighted by Crippen LogP contribution is 2.37. The SMILES string of the molecule is N[C@@H](C(=O)O)c1ccc2c(c1)Cc1ccccc1-2. The lowest BCUT2D eigenvalue weighted by atomic mass is 10.00. The minimum absolute atomic E-state index is 0.661. The average molecular weight is 239 g/mol. The van der Waals surface area contributed by atoms with Crippen LogP contribution in [0, 0.1) is 0 Å². The molecule has 0 saturated carbocycles. The van der Waals surface area contributed by atoms with E-state index >= 15 is 0 Å². The molecule has 3 nitrogen and oxygen atoms in total. The minimum atomic E-state index is -0.995. The van der Waals surface area contributed by atoms with Gasteiger partial charge < -0.3 is 10.8 Å². The highest BCUT2D eigenvalue weighted by molar-refractivity contribution is 5.79. The number of hydrogen-bond acceptors (Lipinski definition) is 2. The number of benzene rings is 2. The quantitative estimate of drug-likeness (QED) is 0.721. The Labute approximate surface area is 105 Å². The van der Waals surface area contributed by atoms with Crippen LogP contribution in [0.5, 0.6) is 0 Å². The largest absolute Gasteiger partial charge is 0.480 e. The third-order valence-electron chi connectivity index (χ3n) is 3.44. The van der Waals surface area contributed by atoms with Crippen molar-refractivity contribution in [3.63, 3.8) is 0 Å². The van der Waals surface area contributed by atoms with Gasteiger partial charge in [0.2, 0.25) is 0 Å². The van der Waals surface area contributed by atoms with Crippen LogP contribution in [0.2, 0.25) is 0 Å². The molecular weight excluding hydrogens is 226 g/mol. The van der Waals surface area contributed by atoms with Gasteiger partial charge in [0.15, 0.2) is 0 Å². The molecule has 0 aromatic heterocycles. The molecule has 0 fully saturated rings. The van der Waals surface area contributed by atoms with E-state index in [-0.39, 0.29) is 0 Å². The summed E-state index contributed by atoms with van der Waals surface area (Å²) in [4.78, 5) is 10.9. The summed E-state index contributed by atoms with van der Waals surface area (Å²) in [5, 5.41) is 8.93. The van der Waals surface area contributed by atoms with Crippen molar-refractivity contribution in [2.45, 2.75) is 12.5 Å². The van der Waals surface area contributed by atoms with Crippen LogP contribution in [0.4, 0.5) is 0 Å². The van der Waals surface area contributed by atoms with Crippen molar-refractivity contribution in [3.8, 4) is 11.1 Å². The number of nitrogens with two attached hydrogens (primary N) is 1. The van der Waals surface area contributed by atoms with E-state index in [1.165, 1.54) is 16.7 Å². The molecule has 0 heterocycles. The van der Waals surface area contributed by atoms with E-state index in [1.807, 2.05) is 24.3 Å². The van der Waals surface area contributed by atoms with Crippen LogP contribution in [0.1, 0.15) is 22.7 Å². The molecule has 0 unspecified atom stereocenters. The van der Waals surface area contributed by atoms with Gasteiger partial charge >= 0.3 is 5.97 Å². The molecule has 3 heteroatoms. The zero-order chi connectivity index (χ0) is 12.7. The third kappa shape index (κ3) is 1.60. The highest BCUT2D eigenvalue weighted by atomic mass is 16.4. The Balaban J connectivity index is 2.06. The first-order valence-electron chi connectivity index (χ1n) is 5.86. The Bertz CT molecular complexity index is 634. The van der Waals surface area contributed by atoms with Crippen LogP contribution in [-0.4, -0.2) is 11.1 Å². The van der Waals surface area contributed by atoms with Crippen molar-refractivity contribution >= 4 is 5.97 Å². The molecule has 1 atom stereocenters. The first kappa shape index (κ1) is 11.0. The molecule has 0 saturated heterocycles. The fourth-order valence-corrected chi connectivity index (χ4v) is 2.50. The molecule has 90 valence electrons. The fourth-order valence-electron chi connectivity index (χ4n) is 2.50. The van der Waals surface area contributed by atoms with E-state index in [0.29, 0.717) is 5.56 Å². The normalized spacial score (nSPS) is 13.8. The fraction of sp³-hybridized carbons (Fsp3) is 0.133. The Morgan fingerprint density at radius 1 is 1.11 bits per heavy atom. The van der Waals surface area contributed by atoms with Gasteiger partial charge in [0.1, 0.15) is 6.04 Å². The molecule has 0 bridgehead atoms. The Morgan fingerprint density at radius 2 is 1.83 bits per heavy atom. The van der Waals surface area contributed by atoms with Crippen molar-refractivity contribution in [1.82, 2.24) is 0 Å². The summed E-state index contributed by atoms with van der Waals surface area (Å²) in [5.74, 6) is -0.995. The second-order valence-corrected chi connectivity index (χ2v) is 4.57. The lowest BCUT2D eigenvalue weighted by Crippen LogP contribution is -2.20. The molecule has 3 rings (SSSR count). The molecule has 18 heavy (non-hydrogen) atoms. The predicted octanol–water partition coefficient (Wildman–Crippen LogP) is 2.34. The number of carboxylic acid groups (broad SMARTS) is 1. The maximum absolute atomic E-state index is 10.9. The van der Waals surface area contributed by atoms with Crippen LogP contribution in [0.15, 0.2) is 42.5 Å².